The summed E-state index contributed by atoms with van der Waals surface area (Å²) in [4.78, 5) is 0. The number of rotatable bonds is 0. The van der Waals surface area contributed by atoms with Crippen LogP contribution in [-0.4, -0.2) is 0 Å². The van der Waals surface area contributed by atoms with E-state index in [1.165, 1.54) is 47.9 Å². The minimum Gasteiger partial charge on any atom is -0.0613 e. The Kier molecular flexibility index (Phi) is 2.25. The maximum Gasteiger partial charge on any atom is 0.0260 e. The molecule has 1 aliphatic carbocycles. The van der Waals surface area contributed by atoms with E-state index in [4.69, 9.17) is 0 Å². The Morgan fingerprint density at radius 3 is 2.23 bits per heavy atom. The second kappa shape index (κ2) is 3.91. The molecule has 0 unspecified atom stereocenters. The van der Waals surface area contributed by atoms with Crippen molar-refractivity contribution >= 4 is 48.2 Å². The summed E-state index contributed by atoms with van der Waals surface area (Å²) in [6, 6.07) is 20.2. The molecule has 0 saturated heterocycles. The third-order valence-electron chi connectivity index (χ3n) is 5.28. The summed E-state index contributed by atoms with van der Waals surface area (Å²) in [7, 11) is 0. The lowest BCUT2D eigenvalue weighted by Crippen LogP contribution is -2.22. The zero-order valence-corrected chi connectivity index (χ0v) is 14.2. The van der Waals surface area contributed by atoms with Crippen LogP contribution in [0.2, 0.25) is 0 Å². The Morgan fingerprint density at radius 1 is 0.727 bits per heavy atom. The average molecular weight is 347 g/mol. The van der Waals surface area contributed by atoms with Gasteiger partial charge >= 0.3 is 0 Å². The van der Waals surface area contributed by atoms with Crippen molar-refractivity contribution in [3.63, 3.8) is 0 Å². The van der Waals surface area contributed by atoms with E-state index < -0.39 is 0 Å². The van der Waals surface area contributed by atoms with E-state index >= 15 is 0 Å². The fourth-order valence-corrected chi connectivity index (χ4v) is 4.78. The van der Waals surface area contributed by atoms with Crippen molar-refractivity contribution in [1.29, 1.82) is 0 Å². The molecular weight excluding hydrogens is 332 g/mol. The first-order chi connectivity index (χ1) is 10.6. The van der Waals surface area contributed by atoms with Crippen LogP contribution in [0.5, 0.6) is 0 Å². The highest BCUT2D eigenvalue weighted by molar-refractivity contribution is 9.10. The van der Waals surface area contributed by atoms with Gasteiger partial charge in [0, 0.05) is 9.89 Å². The van der Waals surface area contributed by atoms with Crippen molar-refractivity contribution in [3.8, 4) is 0 Å². The van der Waals surface area contributed by atoms with Crippen molar-refractivity contribution in [2.75, 3.05) is 0 Å². The van der Waals surface area contributed by atoms with E-state index in [-0.39, 0.29) is 5.41 Å². The molecule has 4 aromatic carbocycles. The van der Waals surface area contributed by atoms with Gasteiger partial charge in [-0.3, -0.25) is 0 Å². The molecule has 0 N–H and O–H groups in total. The predicted octanol–water partition coefficient (Wildman–Crippen LogP) is 6.55. The first kappa shape index (κ1) is 12.7. The normalized spacial score (nSPS) is 15.4. The van der Waals surface area contributed by atoms with Crippen molar-refractivity contribution in [2.45, 2.75) is 19.3 Å². The van der Waals surface area contributed by atoms with Gasteiger partial charge in [0.05, 0.1) is 0 Å². The van der Waals surface area contributed by atoms with Crippen LogP contribution in [-0.2, 0) is 5.41 Å². The Labute approximate surface area is 137 Å². The van der Waals surface area contributed by atoms with Gasteiger partial charge in [-0.1, -0.05) is 78.3 Å². The summed E-state index contributed by atoms with van der Waals surface area (Å²) in [6.07, 6.45) is 0. The van der Waals surface area contributed by atoms with Gasteiger partial charge in [-0.05, 0) is 49.5 Å². The second-order valence-corrected chi connectivity index (χ2v) is 7.63. The van der Waals surface area contributed by atoms with E-state index in [0.717, 1.165) is 0 Å². The zero-order valence-electron chi connectivity index (χ0n) is 12.6. The number of benzene rings is 4. The average Bonchev–Trinajstić information content (AvgIpc) is 2.52. The van der Waals surface area contributed by atoms with E-state index in [1.807, 2.05) is 0 Å². The summed E-state index contributed by atoms with van der Waals surface area (Å²) in [5.41, 5.74) is 2.90. The minimum absolute atomic E-state index is 0.0289. The van der Waals surface area contributed by atoms with Gasteiger partial charge in [-0.15, -0.1) is 0 Å². The van der Waals surface area contributed by atoms with E-state index in [2.05, 4.69) is 84.4 Å². The molecular formula is C21H15Br. The van der Waals surface area contributed by atoms with Crippen molar-refractivity contribution < 1.29 is 0 Å². The van der Waals surface area contributed by atoms with Crippen molar-refractivity contribution in [1.82, 2.24) is 0 Å². The van der Waals surface area contributed by atoms with Gasteiger partial charge in [0.25, 0.3) is 0 Å². The molecule has 0 spiro atoms. The number of halogens is 1. The Bertz CT molecular complexity index is 1100. The fourth-order valence-electron chi connectivity index (χ4n) is 4.21. The molecule has 1 heteroatoms. The molecule has 0 aliphatic heterocycles. The largest absolute Gasteiger partial charge is 0.0613 e. The number of hydrogen-bond donors (Lipinski definition) is 0. The van der Waals surface area contributed by atoms with Crippen LogP contribution in [0.25, 0.3) is 32.3 Å². The van der Waals surface area contributed by atoms with E-state index in [0.29, 0.717) is 0 Å². The van der Waals surface area contributed by atoms with Crippen molar-refractivity contribution in [2.24, 2.45) is 0 Å². The Balaban J connectivity index is 2.27. The molecule has 0 radical (unpaired) electrons. The molecule has 106 valence electrons. The minimum atomic E-state index is 0.0289. The molecule has 0 heterocycles. The molecule has 0 saturated carbocycles. The lowest BCUT2D eigenvalue weighted by molar-refractivity contribution is 0.652. The molecule has 5 rings (SSSR count). The van der Waals surface area contributed by atoms with Crippen LogP contribution in [0.15, 0.2) is 59.1 Å². The molecule has 22 heavy (non-hydrogen) atoms. The van der Waals surface area contributed by atoms with Gasteiger partial charge in [0.2, 0.25) is 0 Å². The summed E-state index contributed by atoms with van der Waals surface area (Å²) in [5, 5.41) is 8.25. The molecule has 0 fully saturated rings. The van der Waals surface area contributed by atoms with Gasteiger partial charge in [-0.2, -0.15) is 0 Å². The highest BCUT2D eigenvalue weighted by Gasteiger charge is 2.32. The maximum atomic E-state index is 3.77. The summed E-state index contributed by atoms with van der Waals surface area (Å²) >= 11 is 3.77. The fraction of sp³-hybridized carbons (Fsp3) is 0.143. The summed E-state index contributed by atoms with van der Waals surface area (Å²) in [6.45, 7) is 4.69. The summed E-state index contributed by atoms with van der Waals surface area (Å²) < 4.78 is 1.19. The lowest BCUT2D eigenvalue weighted by atomic mass is 9.69. The predicted molar refractivity (Wildman–Crippen MR) is 98.8 cm³/mol. The van der Waals surface area contributed by atoms with Crippen LogP contribution >= 0.6 is 15.9 Å². The van der Waals surface area contributed by atoms with Gasteiger partial charge in [-0.25, -0.2) is 0 Å². The molecule has 1 aliphatic rings. The van der Waals surface area contributed by atoms with E-state index in [9.17, 15) is 0 Å². The number of hydrogen-bond acceptors (Lipinski definition) is 0. The van der Waals surface area contributed by atoms with Crippen molar-refractivity contribution in [3.05, 3.63) is 70.2 Å². The van der Waals surface area contributed by atoms with Crippen LogP contribution in [0.4, 0.5) is 0 Å². The van der Waals surface area contributed by atoms with Gasteiger partial charge in [0.15, 0.2) is 0 Å². The molecule has 0 atom stereocenters. The molecule has 0 nitrogen and oxygen atoms in total. The third-order valence-corrected chi connectivity index (χ3v) is 5.93. The third kappa shape index (κ3) is 1.34. The molecule has 4 aromatic rings. The first-order valence-electron chi connectivity index (χ1n) is 7.67. The summed E-state index contributed by atoms with van der Waals surface area (Å²) in [5.74, 6) is 0. The van der Waals surface area contributed by atoms with Crippen LogP contribution < -0.4 is 0 Å². The molecule has 0 bridgehead atoms. The van der Waals surface area contributed by atoms with Gasteiger partial charge < -0.3 is 0 Å². The molecule has 0 aromatic heterocycles. The first-order valence-corrected chi connectivity index (χ1v) is 8.46. The van der Waals surface area contributed by atoms with Crippen LogP contribution in [0.1, 0.15) is 25.0 Å². The van der Waals surface area contributed by atoms with E-state index in [1.54, 1.807) is 0 Å². The topological polar surface area (TPSA) is 0 Å². The van der Waals surface area contributed by atoms with Crippen LogP contribution in [0.3, 0.4) is 0 Å². The quantitative estimate of drug-likeness (QED) is 0.317. The highest BCUT2D eigenvalue weighted by atomic mass is 79.9. The van der Waals surface area contributed by atoms with Crippen LogP contribution in [0, 0.1) is 0 Å². The Morgan fingerprint density at radius 2 is 1.41 bits per heavy atom. The zero-order chi connectivity index (χ0) is 15.1. The smallest absolute Gasteiger partial charge is 0.0260 e. The van der Waals surface area contributed by atoms with Gasteiger partial charge in [0.1, 0.15) is 0 Å². The maximum absolute atomic E-state index is 3.77. The standard InChI is InChI=1S/C21H15Br/c1-21(2)15-7-3-5-12-9-10-13-11-17(22)14-6-4-8-16(21)20(14)19(13)18(12)15/h3-11H,1-2H3. The highest BCUT2D eigenvalue weighted by Crippen LogP contribution is 2.49. The molecule has 0 amide bonds. The lowest BCUT2D eigenvalue weighted by Gasteiger charge is -2.34. The second-order valence-electron chi connectivity index (χ2n) is 6.78. The monoisotopic (exact) mass is 346 g/mol. The SMILES string of the molecule is CC1(C)c2cccc3ccc4cc(Br)c5cccc1c5c4c23. The Hall–Kier alpha value is -1.86.